The summed E-state index contributed by atoms with van der Waals surface area (Å²) in [7, 11) is 3.41. The van der Waals surface area contributed by atoms with E-state index in [1.807, 2.05) is 0 Å². The van der Waals surface area contributed by atoms with Crippen molar-refractivity contribution in [3.05, 3.63) is 23.3 Å². The summed E-state index contributed by atoms with van der Waals surface area (Å²) in [5.41, 5.74) is 1.28. The zero-order valence-corrected chi connectivity index (χ0v) is 18.2. The lowest BCUT2D eigenvalue weighted by Crippen LogP contribution is -2.27. The Labute approximate surface area is 166 Å². The molecular formula is C24H40O3. The maximum absolute atomic E-state index is 11.5. The molecule has 1 saturated carbocycles. The first-order chi connectivity index (χ1) is 12.9. The van der Waals surface area contributed by atoms with Crippen LogP contribution in [0.2, 0.25) is 0 Å². The molecule has 0 spiro atoms. The summed E-state index contributed by atoms with van der Waals surface area (Å²) >= 11 is 0. The Morgan fingerprint density at radius 2 is 1.48 bits per heavy atom. The third kappa shape index (κ3) is 5.40. The first kappa shape index (κ1) is 22.1. The number of aliphatic hydroxyl groups is 1. The quantitative estimate of drug-likeness (QED) is 0.395. The van der Waals surface area contributed by atoms with Crippen LogP contribution >= 0.6 is 0 Å². The van der Waals surface area contributed by atoms with Crippen molar-refractivity contribution in [2.75, 3.05) is 14.2 Å². The summed E-state index contributed by atoms with van der Waals surface area (Å²) in [4.78, 5) is 0. The number of benzene rings is 1. The van der Waals surface area contributed by atoms with Gasteiger partial charge in [-0.2, -0.15) is 0 Å². The number of ether oxygens (including phenoxy) is 2. The molecule has 0 heterocycles. The van der Waals surface area contributed by atoms with Gasteiger partial charge in [0.25, 0.3) is 0 Å². The van der Waals surface area contributed by atoms with Crippen LogP contribution in [0.4, 0.5) is 0 Å². The average molecular weight is 377 g/mol. The summed E-state index contributed by atoms with van der Waals surface area (Å²) in [6.45, 7) is 6.85. The molecule has 1 fully saturated rings. The van der Waals surface area contributed by atoms with Gasteiger partial charge >= 0.3 is 0 Å². The lowest BCUT2D eigenvalue weighted by atomic mass is 9.77. The maximum Gasteiger partial charge on any atom is 0.128 e. The van der Waals surface area contributed by atoms with Gasteiger partial charge in [0, 0.05) is 0 Å². The van der Waals surface area contributed by atoms with Crippen LogP contribution in [0.3, 0.4) is 0 Å². The zero-order valence-electron chi connectivity index (χ0n) is 18.2. The Balaban J connectivity index is 2.37. The smallest absolute Gasteiger partial charge is 0.128 e. The number of hydrogen-bond acceptors (Lipinski definition) is 3. The fraction of sp³-hybridized carbons (Fsp3) is 0.750. The van der Waals surface area contributed by atoms with Crippen LogP contribution in [0.15, 0.2) is 12.1 Å². The van der Waals surface area contributed by atoms with Crippen LogP contribution < -0.4 is 9.47 Å². The summed E-state index contributed by atoms with van der Waals surface area (Å²) in [5.74, 6) is 1.55. The van der Waals surface area contributed by atoms with Gasteiger partial charge in [0.15, 0.2) is 0 Å². The van der Waals surface area contributed by atoms with E-state index in [2.05, 4.69) is 32.9 Å². The molecule has 27 heavy (non-hydrogen) atoms. The number of rotatable bonds is 9. The largest absolute Gasteiger partial charge is 0.496 e. The van der Waals surface area contributed by atoms with Gasteiger partial charge in [-0.25, -0.2) is 0 Å². The second kappa shape index (κ2) is 9.82. The lowest BCUT2D eigenvalue weighted by molar-refractivity contribution is 0.0161. The fourth-order valence-corrected chi connectivity index (χ4v) is 4.46. The van der Waals surface area contributed by atoms with Crippen LogP contribution in [0.5, 0.6) is 11.5 Å². The lowest BCUT2D eigenvalue weighted by Gasteiger charge is -2.33. The van der Waals surface area contributed by atoms with E-state index >= 15 is 0 Å². The van der Waals surface area contributed by atoms with Gasteiger partial charge in [0.1, 0.15) is 11.5 Å². The highest BCUT2D eigenvalue weighted by Crippen LogP contribution is 2.47. The first-order valence-electron chi connectivity index (χ1n) is 10.9. The van der Waals surface area contributed by atoms with Crippen molar-refractivity contribution in [3.8, 4) is 11.5 Å². The molecule has 1 aliphatic rings. The Morgan fingerprint density at radius 1 is 0.926 bits per heavy atom. The van der Waals surface area contributed by atoms with E-state index in [1.165, 1.54) is 44.1 Å². The SMILES string of the molecule is CCCCCCC(C)(C)c1cc(OC)c(C2(O)CCCCCC2)c(OC)c1. The van der Waals surface area contributed by atoms with Crippen molar-refractivity contribution >= 4 is 0 Å². The molecule has 0 bridgehead atoms. The molecule has 1 aliphatic carbocycles. The van der Waals surface area contributed by atoms with Gasteiger partial charge < -0.3 is 14.6 Å². The Bertz CT molecular complexity index is 558. The highest BCUT2D eigenvalue weighted by Gasteiger charge is 2.37. The average Bonchev–Trinajstić information content (AvgIpc) is 2.89. The Morgan fingerprint density at radius 3 is 1.96 bits per heavy atom. The molecular weight excluding hydrogens is 336 g/mol. The fourth-order valence-electron chi connectivity index (χ4n) is 4.46. The Kier molecular flexibility index (Phi) is 8.03. The number of hydrogen-bond donors (Lipinski definition) is 1. The van der Waals surface area contributed by atoms with Crippen molar-refractivity contribution in [1.29, 1.82) is 0 Å². The summed E-state index contributed by atoms with van der Waals surface area (Å²) in [6, 6.07) is 4.28. The van der Waals surface area contributed by atoms with Gasteiger partial charge in [-0.1, -0.05) is 72.1 Å². The summed E-state index contributed by atoms with van der Waals surface area (Å²) < 4.78 is 11.6. The molecule has 0 saturated heterocycles. The van der Waals surface area contributed by atoms with E-state index in [0.29, 0.717) is 0 Å². The molecule has 154 valence electrons. The van der Waals surface area contributed by atoms with E-state index in [4.69, 9.17) is 9.47 Å². The molecule has 3 nitrogen and oxygen atoms in total. The maximum atomic E-state index is 11.5. The minimum Gasteiger partial charge on any atom is -0.496 e. The van der Waals surface area contributed by atoms with Crippen molar-refractivity contribution in [2.45, 2.75) is 102 Å². The van der Waals surface area contributed by atoms with Gasteiger partial charge in [-0.05, 0) is 42.4 Å². The summed E-state index contributed by atoms with van der Waals surface area (Å²) in [5, 5.41) is 11.5. The van der Waals surface area contributed by atoms with Gasteiger partial charge in [0.2, 0.25) is 0 Å². The minimum atomic E-state index is -0.850. The molecule has 2 rings (SSSR count). The molecule has 1 aromatic rings. The molecule has 0 radical (unpaired) electrons. The highest BCUT2D eigenvalue weighted by molar-refractivity contribution is 5.53. The molecule has 0 atom stereocenters. The molecule has 0 amide bonds. The third-order valence-corrected chi connectivity index (χ3v) is 6.34. The number of unbranched alkanes of at least 4 members (excludes halogenated alkanes) is 3. The van der Waals surface area contributed by atoms with Crippen LogP contribution in [0, 0.1) is 0 Å². The van der Waals surface area contributed by atoms with Crippen LogP contribution in [-0.2, 0) is 11.0 Å². The van der Waals surface area contributed by atoms with E-state index in [0.717, 1.165) is 49.2 Å². The van der Waals surface area contributed by atoms with E-state index in [-0.39, 0.29) is 5.41 Å². The van der Waals surface area contributed by atoms with Gasteiger partial charge in [-0.15, -0.1) is 0 Å². The monoisotopic (exact) mass is 376 g/mol. The standard InChI is InChI=1S/C24H40O3/c1-6-7-8-11-14-23(2,3)19-17-20(26-4)22(21(18-19)27-5)24(25)15-12-9-10-13-16-24/h17-18,25H,6-16H2,1-5H3. The number of methoxy groups -OCH3 is 2. The van der Waals surface area contributed by atoms with E-state index in [9.17, 15) is 5.11 Å². The minimum absolute atomic E-state index is 0.0545. The molecule has 0 aromatic heterocycles. The first-order valence-corrected chi connectivity index (χ1v) is 10.9. The van der Waals surface area contributed by atoms with Crippen molar-refractivity contribution in [3.63, 3.8) is 0 Å². The normalized spacial score (nSPS) is 17.4. The second-order valence-corrected chi connectivity index (χ2v) is 8.90. The second-order valence-electron chi connectivity index (χ2n) is 8.90. The predicted molar refractivity (Wildman–Crippen MR) is 113 cm³/mol. The molecule has 1 N–H and O–H groups in total. The van der Waals surface area contributed by atoms with Crippen molar-refractivity contribution in [2.24, 2.45) is 0 Å². The van der Waals surface area contributed by atoms with Gasteiger partial charge in [-0.3, -0.25) is 0 Å². The van der Waals surface area contributed by atoms with Crippen molar-refractivity contribution < 1.29 is 14.6 Å². The topological polar surface area (TPSA) is 38.7 Å². The van der Waals surface area contributed by atoms with Crippen LogP contribution in [-0.4, -0.2) is 19.3 Å². The van der Waals surface area contributed by atoms with Crippen LogP contribution in [0.1, 0.15) is 103 Å². The Hall–Kier alpha value is -1.22. The van der Waals surface area contributed by atoms with Crippen LogP contribution in [0.25, 0.3) is 0 Å². The van der Waals surface area contributed by atoms with E-state index in [1.54, 1.807) is 14.2 Å². The van der Waals surface area contributed by atoms with E-state index < -0.39 is 5.60 Å². The summed E-state index contributed by atoms with van der Waals surface area (Å²) in [6.07, 6.45) is 12.3. The highest BCUT2D eigenvalue weighted by atomic mass is 16.5. The molecule has 1 aromatic carbocycles. The molecule has 0 aliphatic heterocycles. The molecule has 0 unspecified atom stereocenters. The van der Waals surface area contributed by atoms with Crippen molar-refractivity contribution in [1.82, 2.24) is 0 Å². The predicted octanol–water partition coefficient (Wildman–Crippen LogP) is 6.49. The zero-order chi connectivity index (χ0) is 19.9. The van der Waals surface area contributed by atoms with Gasteiger partial charge in [0.05, 0.1) is 25.4 Å². The third-order valence-electron chi connectivity index (χ3n) is 6.34. The molecule has 3 heteroatoms.